The second-order valence-corrected chi connectivity index (χ2v) is 21.3. The number of piperidine rings is 1. The maximum Gasteiger partial charge on any atom is 0.284 e. The molecule has 1 fully saturated rings. The molecule has 0 atom stereocenters. The van der Waals surface area contributed by atoms with Gasteiger partial charge in [-0.05, 0) is 60.2 Å². The van der Waals surface area contributed by atoms with Gasteiger partial charge in [0.15, 0.2) is 0 Å². The number of hydrogen-bond acceptors (Lipinski definition) is 9. The smallest absolute Gasteiger partial charge is 0.284 e. The zero-order valence-corrected chi connectivity index (χ0v) is 47.6. The molecule has 0 unspecified atom stereocenters. The molecule has 84 heavy (non-hydrogen) atoms. The largest absolute Gasteiger partial charge is 0.373 e. The minimum atomic E-state index is -0.420. The number of halogens is 2. The Bertz CT molecular complexity index is 4090. The first kappa shape index (κ1) is 57.3. The Hall–Kier alpha value is -9.92. The molecule has 0 bridgehead atoms. The standard InChI is InChI=1S/C34H34ClN7O2.C29H22ClN7O2S/c1-24(21-42-15-7-14-38-42)34(44)40-16-12-26(13-17-40)22-41-23-27(18-31(41)33(43)36-19-25-8-3-2-4-9-25)32-29(20-37-39-32)28-10-5-6-11-30(28)35;1-31-26-28(39)36-40-29(26)32-13-7-8-14-37-18-20(15-24(37)27(38)33-16-19-9-3-2-4-10-19)25-22(17-34-35-25)21-11-5-6-12-23(21)30/h2-11,14-15,18,20,23,26H,1,12-13,16-17,19,21-22H2,(H,36,43)(H,37,39);2-6,9-12,15,17-18,32H,13-14,16H2,(H,33,38)(H,34,35)(H,36,39). The number of anilines is 1. The van der Waals surface area contributed by atoms with E-state index in [1.54, 1.807) is 33.9 Å². The van der Waals surface area contributed by atoms with Crippen LogP contribution in [0.5, 0.6) is 0 Å². The van der Waals surface area contributed by atoms with Gasteiger partial charge in [0.2, 0.25) is 0 Å². The Balaban J connectivity index is 0.000000188. The molecule has 1 aliphatic heterocycles. The molecule has 1 aliphatic rings. The molecule has 0 saturated carbocycles. The molecule has 422 valence electrons. The van der Waals surface area contributed by atoms with E-state index in [1.165, 1.54) is 0 Å². The van der Waals surface area contributed by atoms with Gasteiger partial charge < -0.3 is 30.0 Å². The van der Waals surface area contributed by atoms with Gasteiger partial charge in [-0.25, -0.2) is 4.85 Å². The highest BCUT2D eigenvalue weighted by molar-refractivity contribution is 7.10. The summed E-state index contributed by atoms with van der Waals surface area (Å²) in [6.45, 7) is 14.8. The van der Waals surface area contributed by atoms with Crippen molar-refractivity contribution in [1.82, 2.24) is 59.2 Å². The molecule has 7 heterocycles. The van der Waals surface area contributed by atoms with Crippen LogP contribution < -0.4 is 21.5 Å². The topological polar surface area (TPSA) is 213 Å². The van der Waals surface area contributed by atoms with Crippen LogP contribution in [0.3, 0.4) is 0 Å². The molecule has 6 aromatic heterocycles. The minimum Gasteiger partial charge on any atom is -0.373 e. The molecule has 6 N–H and O–H groups in total. The zero-order valence-electron chi connectivity index (χ0n) is 45.3. The lowest BCUT2D eigenvalue weighted by Gasteiger charge is -2.33. The second kappa shape index (κ2) is 27.2. The van der Waals surface area contributed by atoms with Crippen molar-refractivity contribution in [2.24, 2.45) is 5.92 Å². The number of aromatic nitrogens is 9. The van der Waals surface area contributed by atoms with Crippen LogP contribution in [0.2, 0.25) is 10.0 Å². The van der Waals surface area contributed by atoms with E-state index in [1.807, 2.05) is 149 Å². The lowest BCUT2D eigenvalue weighted by Crippen LogP contribution is -2.40. The van der Waals surface area contributed by atoms with E-state index >= 15 is 0 Å². The van der Waals surface area contributed by atoms with Crippen molar-refractivity contribution >= 4 is 63.1 Å². The van der Waals surface area contributed by atoms with Crippen LogP contribution in [0, 0.1) is 24.3 Å². The first-order valence-electron chi connectivity index (χ1n) is 26.9. The monoisotopic (exact) mass is 1170 g/mol. The van der Waals surface area contributed by atoms with E-state index < -0.39 is 5.56 Å². The fourth-order valence-electron chi connectivity index (χ4n) is 9.80. The van der Waals surface area contributed by atoms with Gasteiger partial charge in [0.05, 0.1) is 50.0 Å². The van der Waals surface area contributed by atoms with Gasteiger partial charge in [0.1, 0.15) is 16.4 Å². The molecule has 0 aliphatic carbocycles. The first-order chi connectivity index (χ1) is 41.0. The quantitative estimate of drug-likeness (QED) is 0.0276. The number of nitrogens with zero attached hydrogens (tertiary/aromatic N) is 8. The summed E-state index contributed by atoms with van der Waals surface area (Å²) in [5.74, 6) is 5.92. The van der Waals surface area contributed by atoms with Gasteiger partial charge in [0, 0.05) is 107 Å². The summed E-state index contributed by atoms with van der Waals surface area (Å²) in [5, 5.41) is 29.6. The Morgan fingerprint density at radius 3 is 1.82 bits per heavy atom. The number of aromatic amines is 3. The summed E-state index contributed by atoms with van der Waals surface area (Å²) in [7, 11) is 0. The van der Waals surface area contributed by atoms with Crippen molar-refractivity contribution < 1.29 is 14.4 Å². The van der Waals surface area contributed by atoms with Crippen LogP contribution in [-0.2, 0) is 37.5 Å². The maximum atomic E-state index is 13.6. The summed E-state index contributed by atoms with van der Waals surface area (Å²) < 4.78 is 8.05. The van der Waals surface area contributed by atoms with Gasteiger partial charge in [-0.2, -0.15) is 15.3 Å². The van der Waals surface area contributed by atoms with Crippen LogP contribution >= 0.6 is 34.7 Å². The zero-order chi connectivity index (χ0) is 58.4. The predicted molar refractivity (Wildman–Crippen MR) is 328 cm³/mol. The van der Waals surface area contributed by atoms with Crippen LogP contribution in [-0.4, -0.2) is 85.9 Å². The molecule has 4 aromatic carbocycles. The number of amides is 3. The number of H-pyrrole nitrogens is 3. The highest BCUT2D eigenvalue weighted by atomic mass is 35.5. The van der Waals surface area contributed by atoms with E-state index in [4.69, 9.17) is 29.8 Å². The summed E-state index contributed by atoms with van der Waals surface area (Å²) in [4.78, 5) is 56.6. The normalized spacial score (nSPS) is 12.1. The van der Waals surface area contributed by atoms with Gasteiger partial charge >= 0.3 is 0 Å². The number of likely N-dealkylation sites (tertiary alicyclic amines) is 1. The molecule has 21 heteroatoms. The fourth-order valence-corrected chi connectivity index (χ4v) is 10.9. The third-order valence-electron chi connectivity index (χ3n) is 14.1. The molecule has 10 aromatic rings. The predicted octanol–water partition coefficient (Wildman–Crippen LogP) is 11.4. The van der Waals surface area contributed by atoms with Crippen LogP contribution in [0.15, 0.2) is 182 Å². The molecule has 0 radical (unpaired) electrons. The summed E-state index contributed by atoms with van der Waals surface area (Å²) in [6.07, 6.45) is 12.5. The number of carbonyl (C=O) groups is 3. The number of nitrogens with one attached hydrogen (secondary N) is 6. The molecular formula is C63H56Cl2N14O4S. The van der Waals surface area contributed by atoms with Crippen molar-refractivity contribution in [3.8, 4) is 56.6 Å². The SMILES string of the molecule is C=C(Cn1cccn1)C(=O)N1CCC(Cn2cc(-c3[nH]ncc3-c3ccccc3Cl)cc2C(=O)NCc2ccccc2)CC1.[C-]#[N+]c1c(NCC#CCn2cc(-c3[nH]ncc3-c3ccccc3Cl)cc2C(=O)NCc2ccccc2)s[nH]c1=O. The van der Waals surface area contributed by atoms with Crippen molar-refractivity contribution in [3.05, 3.63) is 231 Å². The van der Waals surface area contributed by atoms with E-state index in [0.29, 0.717) is 77.2 Å². The Morgan fingerprint density at radius 2 is 1.27 bits per heavy atom. The third kappa shape index (κ3) is 13.9. The van der Waals surface area contributed by atoms with Crippen molar-refractivity contribution in [2.75, 3.05) is 25.0 Å². The molecule has 1 saturated heterocycles. The summed E-state index contributed by atoms with van der Waals surface area (Å²) in [5.41, 5.74) is 9.66. The third-order valence-corrected chi connectivity index (χ3v) is 15.6. The van der Waals surface area contributed by atoms with Gasteiger partial charge in [0.25, 0.3) is 29.0 Å². The highest BCUT2D eigenvalue weighted by Gasteiger charge is 2.27. The lowest BCUT2D eigenvalue weighted by atomic mass is 9.96. The first-order valence-corrected chi connectivity index (χ1v) is 28.4. The average Bonchev–Trinajstić information content (AvgIpc) is 3.78. The van der Waals surface area contributed by atoms with E-state index in [9.17, 15) is 19.2 Å². The summed E-state index contributed by atoms with van der Waals surface area (Å²) in [6, 6.07) is 40.2. The highest BCUT2D eigenvalue weighted by Crippen LogP contribution is 2.37. The average molecular weight is 1180 g/mol. The van der Waals surface area contributed by atoms with Gasteiger partial charge in [-0.15, -0.1) is 0 Å². The summed E-state index contributed by atoms with van der Waals surface area (Å²) >= 11 is 14.0. The van der Waals surface area contributed by atoms with Crippen molar-refractivity contribution in [2.45, 2.75) is 45.6 Å². The maximum absolute atomic E-state index is 13.6. The van der Waals surface area contributed by atoms with Gasteiger partial charge in [-0.1, -0.05) is 150 Å². The van der Waals surface area contributed by atoms with Crippen LogP contribution in [0.4, 0.5) is 10.7 Å². The fraction of sp³-hybridized carbons (Fsp3) is 0.175. The minimum absolute atomic E-state index is 0.0214. The molecule has 0 spiro atoms. The van der Waals surface area contributed by atoms with E-state index in [-0.39, 0.29) is 36.5 Å². The molecular weight excluding hydrogens is 1120 g/mol. The van der Waals surface area contributed by atoms with E-state index in [0.717, 1.165) is 80.3 Å². The number of rotatable bonds is 18. The number of carbonyl (C=O) groups excluding carboxylic acids is 3. The molecule has 18 nitrogen and oxygen atoms in total. The lowest BCUT2D eigenvalue weighted by molar-refractivity contribution is -0.128. The Kier molecular flexibility index (Phi) is 18.6. The van der Waals surface area contributed by atoms with Crippen molar-refractivity contribution in [3.63, 3.8) is 0 Å². The van der Waals surface area contributed by atoms with Crippen molar-refractivity contribution in [1.29, 1.82) is 0 Å². The van der Waals surface area contributed by atoms with E-state index in [2.05, 4.69) is 69.1 Å². The molecule has 11 rings (SSSR count). The van der Waals surface area contributed by atoms with Crippen LogP contribution in [0.25, 0.3) is 49.6 Å². The Morgan fingerprint density at radius 1 is 0.726 bits per heavy atom. The number of hydrogen-bond donors (Lipinski definition) is 6. The van der Waals surface area contributed by atoms with Crippen LogP contribution in [0.1, 0.15) is 44.9 Å². The molecule has 3 amide bonds. The number of benzene rings is 4. The Labute approximate surface area is 498 Å². The second-order valence-electron chi connectivity index (χ2n) is 19.7. The van der Waals surface area contributed by atoms with Gasteiger partial charge in [-0.3, -0.25) is 38.4 Å².